The SMILES string of the molecule is C[C@@H](Sc1nnc(C2CC2)o1)C(=O)N[C@H](C)c1ccc(F)cc1. The number of hydrogen-bond donors (Lipinski definition) is 1. The summed E-state index contributed by atoms with van der Waals surface area (Å²) >= 11 is 1.25. The Morgan fingerprint density at radius 2 is 2.00 bits per heavy atom. The van der Waals surface area contributed by atoms with Crippen LogP contribution in [0.15, 0.2) is 33.9 Å². The molecule has 1 aliphatic rings. The molecule has 1 aliphatic carbocycles. The van der Waals surface area contributed by atoms with Crippen molar-refractivity contribution < 1.29 is 13.6 Å². The highest BCUT2D eigenvalue weighted by Gasteiger charge is 2.30. The number of thioether (sulfide) groups is 1. The minimum Gasteiger partial charge on any atom is -0.416 e. The van der Waals surface area contributed by atoms with Crippen LogP contribution >= 0.6 is 11.8 Å². The Balaban J connectivity index is 1.54. The molecule has 5 nitrogen and oxygen atoms in total. The van der Waals surface area contributed by atoms with Gasteiger partial charge >= 0.3 is 0 Å². The number of halogens is 1. The second-order valence-electron chi connectivity index (χ2n) is 5.72. The van der Waals surface area contributed by atoms with Crippen molar-refractivity contribution in [2.75, 3.05) is 0 Å². The van der Waals surface area contributed by atoms with Crippen LogP contribution in [0.3, 0.4) is 0 Å². The molecule has 2 atom stereocenters. The van der Waals surface area contributed by atoms with Crippen LogP contribution in [0.5, 0.6) is 0 Å². The Morgan fingerprint density at radius 1 is 1.30 bits per heavy atom. The molecule has 1 aromatic heterocycles. The van der Waals surface area contributed by atoms with Gasteiger partial charge in [-0.15, -0.1) is 10.2 Å². The number of nitrogens with one attached hydrogen (secondary N) is 1. The lowest BCUT2D eigenvalue weighted by Crippen LogP contribution is -2.33. The van der Waals surface area contributed by atoms with Gasteiger partial charge < -0.3 is 9.73 Å². The zero-order valence-electron chi connectivity index (χ0n) is 13.0. The fourth-order valence-corrected chi connectivity index (χ4v) is 2.83. The Morgan fingerprint density at radius 3 is 2.65 bits per heavy atom. The number of rotatable bonds is 6. The van der Waals surface area contributed by atoms with Gasteiger partial charge in [0, 0.05) is 5.92 Å². The van der Waals surface area contributed by atoms with Gasteiger partial charge in [-0.05, 0) is 44.4 Å². The maximum Gasteiger partial charge on any atom is 0.277 e. The number of hydrogen-bond acceptors (Lipinski definition) is 5. The second kappa shape index (κ2) is 6.70. The summed E-state index contributed by atoms with van der Waals surface area (Å²) in [5.41, 5.74) is 0.853. The summed E-state index contributed by atoms with van der Waals surface area (Å²) < 4.78 is 18.5. The van der Waals surface area contributed by atoms with Gasteiger partial charge in [-0.1, -0.05) is 23.9 Å². The summed E-state index contributed by atoms with van der Waals surface area (Å²) in [5, 5.41) is 10.9. The summed E-state index contributed by atoms with van der Waals surface area (Å²) in [5.74, 6) is 0.649. The molecule has 1 fully saturated rings. The quantitative estimate of drug-likeness (QED) is 0.819. The van der Waals surface area contributed by atoms with Crippen molar-refractivity contribution in [3.05, 3.63) is 41.5 Å². The zero-order chi connectivity index (χ0) is 16.4. The predicted molar refractivity (Wildman–Crippen MR) is 84.5 cm³/mol. The van der Waals surface area contributed by atoms with Crippen LogP contribution in [-0.2, 0) is 4.79 Å². The molecule has 1 aromatic carbocycles. The highest BCUT2D eigenvalue weighted by atomic mass is 32.2. The molecule has 0 spiro atoms. The van der Waals surface area contributed by atoms with E-state index in [9.17, 15) is 9.18 Å². The van der Waals surface area contributed by atoms with E-state index < -0.39 is 0 Å². The molecule has 1 saturated carbocycles. The van der Waals surface area contributed by atoms with E-state index in [0.717, 1.165) is 18.4 Å². The molecule has 1 heterocycles. The lowest BCUT2D eigenvalue weighted by atomic mass is 10.1. The summed E-state index contributed by atoms with van der Waals surface area (Å²) in [4.78, 5) is 12.3. The third-order valence-corrected chi connectivity index (χ3v) is 4.66. The van der Waals surface area contributed by atoms with Gasteiger partial charge in [-0.3, -0.25) is 4.79 Å². The topological polar surface area (TPSA) is 68.0 Å². The summed E-state index contributed by atoms with van der Waals surface area (Å²) in [6.07, 6.45) is 2.19. The summed E-state index contributed by atoms with van der Waals surface area (Å²) in [6.45, 7) is 3.65. The van der Waals surface area contributed by atoms with Gasteiger partial charge in [0.15, 0.2) is 0 Å². The first kappa shape index (κ1) is 16.0. The van der Waals surface area contributed by atoms with E-state index in [4.69, 9.17) is 4.42 Å². The third kappa shape index (κ3) is 4.10. The van der Waals surface area contributed by atoms with Crippen LogP contribution in [0.25, 0.3) is 0 Å². The molecular formula is C16H18FN3O2S. The van der Waals surface area contributed by atoms with E-state index in [1.807, 2.05) is 6.92 Å². The molecule has 1 amide bonds. The van der Waals surface area contributed by atoms with Crippen molar-refractivity contribution in [2.24, 2.45) is 0 Å². The van der Waals surface area contributed by atoms with E-state index in [1.54, 1.807) is 19.1 Å². The van der Waals surface area contributed by atoms with Crippen molar-refractivity contribution in [1.29, 1.82) is 0 Å². The number of benzene rings is 1. The predicted octanol–water partition coefficient (Wildman–Crippen LogP) is 3.44. The maximum absolute atomic E-state index is 12.9. The van der Waals surface area contributed by atoms with Crippen LogP contribution in [0.1, 0.15) is 50.1 Å². The van der Waals surface area contributed by atoms with Crippen LogP contribution in [0.2, 0.25) is 0 Å². The first-order valence-corrected chi connectivity index (χ1v) is 8.47. The fourth-order valence-electron chi connectivity index (χ4n) is 2.13. The largest absolute Gasteiger partial charge is 0.416 e. The Hall–Kier alpha value is -1.89. The number of aromatic nitrogens is 2. The first-order valence-electron chi connectivity index (χ1n) is 7.59. The number of nitrogens with zero attached hydrogens (tertiary/aromatic N) is 2. The van der Waals surface area contributed by atoms with Gasteiger partial charge in [0.25, 0.3) is 5.22 Å². The minimum atomic E-state index is -0.356. The summed E-state index contributed by atoms with van der Waals surface area (Å²) in [7, 11) is 0. The van der Waals surface area contributed by atoms with Crippen molar-refractivity contribution in [2.45, 2.75) is 49.1 Å². The van der Waals surface area contributed by atoms with E-state index in [1.165, 1.54) is 23.9 Å². The molecule has 122 valence electrons. The molecule has 1 N–H and O–H groups in total. The molecule has 0 aliphatic heterocycles. The molecule has 7 heteroatoms. The van der Waals surface area contributed by atoms with E-state index in [0.29, 0.717) is 17.0 Å². The third-order valence-electron chi connectivity index (χ3n) is 3.72. The van der Waals surface area contributed by atoms with Crippen LogP contribution in [-0.4, -0.2) is 21.4 Å². The van der Waals surface area contributed by atoms with Gasteiger partial charge in [0.2, 0.25) is 11.8 Å². The molecule has 23 heavy (non-hydrogen) atoms. The standard InChI is InChI=1S/C16H18FN3O2S/c1-9(11-5-7-13(17)8-6-11)18-14(21)10(2)23-16-20-19-15(22-16)12-3-4-12/h5-10,12H,3-4H2,1-2H3,(H,18,21)/t9-,10-/m1/s1. The highest BCUT2D eigenvalue weighted by Crippen LogP contribution is 2.40. The molecule has 3 rings (SSSR count). The second-order valence-corrected chi connectivity index (χ2v) is 7.01. The van der Waals surface area contributed by atoms with Crippen LogP contribution in [0.4, 0.5) is 4.39 Å². The number of amides is 1. The van der Waals surface area contributed by atoms with Gasteiger partial charge in [0.05, 0.1) is 11.3 Å². The van der Waals surface area contributed by atoms with Gasteiger partial charge in [-0.2, -0.15) is 0 Å². The minimum absolute atomic E-state index is 0.127. The van der Waals surface area contributed by atoms with Crippen LogP contribution < -0.4 is 5.32 Å². The molecule has 2 aromatic rings. The Labute approximate surface area is 138 Å². The Bertz CT molecular complexity index is 685. The highest BCUT2D eigenvalue weighted by molar-refractivity contribution is 8.00. The molecule has 0 radical (unpaired) electrons. The molecular weight excluding hydrogens is 317 g/mol. The van der Waals surface area contributed by atoms with Crippen molar-refractivity contribution in [1.82, 2.24) is 15.5 Å². The molecule has 0 unspecified atom stereocenters. The Kier molecular flexibility index (Phi) is 4.66. The summed E-state index contributed by atoms with van der Waals surface area (Å²) in [6, 6.07) is 5.90. The molecule has 0 bridgehead atoms. The zero-order valence-corrected chi connectivity index (χ0v) is 13.8. The van der Waals surface area contributed by atoms with Crippen molar-refractivity contribution >= 4 is 17.7 Å². The lowest BCUT2D eigenvalue weighted by molar-refractivity contribution is -0.120. The monoisotopic (exact) mass is 335 g/mol. The number of carbonyl (C=O) groups is 1. The van der Waals surface area contributed by atoms with Crippen molar-refractivity contribution in [3.8, 4) is 0 Å². The fraction of sp³-hybridized carbons (Fsp3) is 0.438. The average Bonchev–Trinajstić information content (AvgIpc) is 3.28. The van der Waals surface area contributed by atoms with Gasteiger partial charge in [-0.25, -0.2) is 4.39 Å². The number of carbonyl (C=O) groups excluding carboxylic acids is 1. The lowest BCUT2D eigenvalue weighted by Gasteiger charge is -2.16. The van der Waals surface area contributed by atoms with Crippen LogP contribution in [0, 0.1) is 5.82 Å². The first-order chi connectivity index (χ1) is 11.0. The van der Waals surface area contributed by atoms with Gasteiger partial charge in [0.1, 0.15) is 5.82 Å². The normalized spacial score (nSPS) is 16.8. The van der Waals surface area contributed by atoms with Crippen molar-refractivity contribution in [3.63, 3.8) is 0 Å². The van der Waals surface area contributed by atoms with E-state index in [2.05, 4.69) is 15.5 Å². The molecule has 0 saturated heterocycles. The smallest absolute Gasteiger partial charge is 0.277 e. The van der Waals surface area contributed by atoms with E-state index >= 15 is 0 Å². The maximum atomic E-state index is 12.9. The van der Waals surface area contributed by atoms with E-state index in [-0.39, 0.29) is 23.0 Å². The average molecular weight is 335 g/mol.